The average Bonchev–Trinajstić information content (AvgIpc) is 2.25. The Kier molecular flexibility index (Phi) is 9.66. The first kappa shape index (κ1) is 14.9. The summed E-state index contributed by atoms with van der Waals surface area (Å²) in [6, 6.07) is 0. The van der Waals surface area contributed by atoms with Crippen LogP contribution in [0.2, 0.25) is 0 Å². The summed E-state index contributed by atoms with van der Waals surface area (Å²) in [6.07, 6.45) is 3.66. The molecule has 0 heterocycles. The molecule has 0 aliphatic heterocycles. The van der Waals surface area contributed by atoms with Gasteiger partial charge in [0.1, 0.15) is 6.61 Å². The van der Waals surface area contributed by atoms with E-state index >= 15 is 0 Å². The van der Waals surface area contributed by atoms with Gasteiger partial charge in [-0.15, -0.1) is 13.2 Å². The summed E-state index contributed by atoms with van der Waals surface area (Å²) >= 11 is 0. The zero-order chi connectivity index (χ0) is 12.2. The topological polar surface area (TPSA) is 38.8 Å². The first-order chi connectivity index (χ1) is 7.74. The maximum atomic E-state index is 10.9. The van der Waals surface area contributed by atoms with Crippen molar-refractivity contribution in [2.75, 3.05) is 39.5 Å². The SMILES string of the molecule is C=CCN(CC=C)CCOCC(=O)OCC. The van der Waals surface area contributed by atoms with Crippen LogP contribution in [0.1, 0.15) is 6.92 Å². The van der Waals surface area contributed by atoms with Crippen molar-refractivity contribution in [3.63, 3.8) is 0 Å². The summed E-state index contributed by atoms with van der Waals surface area (Å²) < 4.78 is 9.92. The largest absolute Gasteiger partial charge is 0.464 e. The summed E-state index contributed by atoms with van der Waals surface area (Å²) in [6.45, 7) is 12.3. The van der Waals surface area contributed by atoms with Gasteiger partial charge in [0, 0.05) is 19.6 Å². The highest BCUT2D eigenvalue weighted by molar-refractivity contribution is 5.70. The van der Waals surface area contributed by atoms with Crippen LogP contribution in [0.15, 0.2) is 25.3 Å². The van der Waals surface area contributed by atoms with Crippen molar-refractivity contribution in [2.24, 2.45) is 0 Å². The average molecular weight is 227 g/mol. The molecule has 0 radical (unpaired) electrons. The van der Waals surface area contributed by atoms with Crippen molar-refractivity contribution in [3.05, 3.63) is 25.3 Å². The zero-order valence-electron chi connectivity index (χ0n) is 9.98. The Hall–Kier alpha value is -1.13. The third-order valence-electron chi connectivity index (χ3n) is 1.85. The lowest BCUT2D eigenvalue weighted by Crippen LogP contribution is -2.28. The maximum Gasteiger partial charge on any atom is 0.332 e. The fourth-order valence-electron chi connectivity index (χ4n) is 1.17. The monoisotopic (exact) mass is 227 g/mol. The van der Waals surface area contributed by atoms with Crippen LogP contribution in [0.25, 0.3) is 0 Å². The van der Waals surface area contributed by atoms with E-state index in [9.17, 15) is 4.79 Å². The van der Waals surface area contributed by atoms with E-state index in [0.717, 1.165) is 19.6 Å². The number of hydrogen-bond donors (Lipinski definition) is 0. The number of esters is 1. The Labute approximate surface area is 97.5 Å². The molecule has 0 saturated heterocycles. The van der Waals surface area contributed by atoms with Gasteiger partial charge in [-0.1, -0.05) is 12.2 Å². The van der Waals surface area contributed by atoms with Crippen molar-refractivity contribution in [1.29, 1.82) is 0 Å². The maximum absolute atomic E-state index is 10.9. The molecule has 16 heavy (non-hydrogen) atoms. The summed E-state index contributed by atoms with van der Waals surface area (Å²) in [5.41, 5.74) is 0. The summed E-state index contributed by atoms with van der Waals surface area (Å²) in [5.74, 6) is -0.318. The summed E-state index contributed by atoms with van der Waals surface area (Å²) in [5, 5.41) is 0. The molecule has 0 aromatic heterocycles. The van der Waals surface area contributed by atoms with Gasteiger partial charge in [-0.2, -0.15) is 0 Å². The molecule has 0 unspecified atom stereocenters. The smallest absolute Gasteiger partial charge is 0.332 e. The second kappa shape index (κ2) is 10.4. The van der Waals surface area contributed by atoms with Crippen LogP contribution in [-0.4, -0.2) is 50.3 Å². The zero-order valence-corrected chi connectivity index (χ0v) is 9.98. The van der Waals surface area contributed by atoms with Gasteiger partial charge in [0.05, 0.1) is 13.2 Å². The van der Waals surface area contributed by atoms with Crippen LogP contribution < -0.4 is 0 Å². The Morgan fingerprint density at radius 3 is 2.44 bits per heavy atom. The molecule has 0 aromatic carbocycles. The lowest BCUT2D eigenvalue weighted by atomic mass is 10.4. The van der Waals surface area contributed by atoms with E-state index in [1.54, 1.807) is 6.92 Å². The molecule has 0 saturated carbocycles. The molecule has 0 amide bonds. The molecule has 4 nitrogen and oxygen atoms in total. The van der Waals surface area contributed by atoms with Gasteiger partial charge < -0.3 is 9.47 Å². The second-order valence-corrected chi connectivity index (χ2v) is 3.19. The van der Waals surface area contributed by atoms with E-state index in [-0.39, 0.29) is 12.6 Å². The van der Waals surface area contributed by atoms with Crippen molar-refractivity contribution < 1.29 is 14.3 Å². The first-order valence-corrected chi connectivity index (χ1v) is 5.42. The van der Waals surface area contributed by atoms with Gasteiger partial charge in [-0.25, -0.2) is 4.79 Å². The lowest BCUT2D eigenvalue weighted by Gasteiger charge is -2.18. The van der Waals surface area contributed by atoms with E-state index < -0.39 is 0 Å². The molecular formula is C12H21NO3. The molecule has 0 bridgehead atoms. The first-order valence-electron chi connectivity index (χ1n) is 5.42. The van der Waals surface area contributed by atoms with Gasteiger partial charge in [-0.05, 0) is 6.92 Å². The highest BCUT2D eigenvalue weighted by Crippen LogP contribution is 1.90. The van der Waals surface area contributed by atoms with Crippen molar-refractivity contribution in [2.45, 2.75) is 6.92 Å². The van der Waals surface area contributed by atoms with Gasteiger partial charge in [0.2, 0.25) is 0 Å². The minimum absolute atomic E-state index is 0.0177. The Morgan fingerprint density at radius 2 is 1.94 bits per heavy atom. The number of hydrogen-bond acceptors (Lipinski definition) is 4. The summed E-state index contributed by atoms with van der Waals surface area (Å²) in [7, 11) is 0. The molecule has 4 heteroatoms. The number of carbonyl (C=O) groups is 1. The van der Waals surface area contributed by atoms with Crippen LogP contribution >= 0.6 is 0 Å². The van der Waals surface area contributed by atoms with E-state index in [2.05, 4.69) is 18.1 Å². The van der Waals surface area contributed by atoms with Crippen LogP contribution in [0.5, 0.6) is 0 Å². The molecule has 0 N–H and O–H groups in total. The normalized spacial score (nSPS) is 10.1. The molecule has 0 fully saturated rings. The van der Waals surface area contributed by atoms with Crippen LogP contribution in [0, 0.1) is 0 Å². The third-order valence-corrected chi connectivity index (χ3v) is 1.85. The predicted molar refractivity (Wildman–Crippen MR) is 64.3 cm³/mol. The lowest BCUT2D eigenvalue weighted by molar-refractivity contribution is -0.148. The second-order valence-electron chi connectivity index (χ2n) is 3.19. The van der Waals surface area contributed by atoms with Gasteiger partial charge >= 0.3 is 5.97 Å². The Balaban J connectivity index is 3.56. The van der Waals surface area contributed by atoms with Gasteiger partial charge in [-0.3, -0.25) is 4.90 Å². The van der Waals surface area contributed by atoms with E-state index in [1.165, 1.54) is 0 Å². The Bertz CT molecular complexity index is 206. The van der Waals surface area contributed by atoms with Crippen LogP contribution in [-0.2, 0) is 14.3 Å². The fraction of sp³-hybridized carbons (Fsp3) is 0.583. The fourth-order valence-corrected chi connectivity index (χ4v) is 1.17. The minimum atomic E-state index is -0.318. The third kappa shape index (κ3) is 8.20. The van der Waals surface area contributed by atoms with E-state index in [0.29, 0.717) is 13.2 Å². The van der Waals surface area contributed by atoms with Crippen molar-refractivity contribution in [1.82, 2.24) is 4.90 Å². The molecule has 92 valence electrons. The number of ether oxygens (including phenoxy) is 2. The number of carbonyl (C=O) groups excluding carboxylic acids is 1. The molecule has 0 aliphatic rings. The highest BCUT2D eigenvalue weighted by Gasteiger charge is 2.03. The van der Waals surface area contributed by atoms with Crippen LogP contribution in [0.4, 0.5) is 0 Å². The number of rotatable bonds is 10. The van der Waals surface area contributed by atoms with Crippen molar-refractivity contribution >= 4 is 5.97 Å². The predicted octanol–water partition coefficient (Wildman–Crippen LogP) is 1.24. The molecule has 0 rings (SSSR count). The van der Waals surface area contributed by atoms with E-state index in [1.807, 2.05) is 12.2 Å². The highest BCUT2D eigenvalue weighted by atomic mass is 16.6. The van der Waals surface area contributed by atoms with Crippen molar-refractivity contribution in [3.8, 4) is 0 Å². The van der Waals surface area contributed by atoms with Crippen LogP contribution in [0.3, 0.4) is 0 Å². The van der Waals surface area contributed by atoms with E-state index in [4.69, 9.17) is 9.47 Å². The molecular weight excluding hydrogens is 206 g/mol. The minimum Gasteiger partial charge on any atom is -0.464 e. The number of nitrogens with zero attached hydrogens (tertiary/aromatic N) is 1. The van der Waals surface area contributed by atoms with Gasteiger partial charge in [0.15, 0.2) is 0 Å². The molecule has 0 aliphatic carbocycles. The van der Waals surface area contributed by atoms with Gasteiger partial charge in [0.25, 0.3) is 0 Å². The quantitative estimate of drug-likeness (QED) is 0.320. The molecule has 0 aromatic rings. The molecule has 0 spiro atoms. The summed E-state index contributed by atoms with van der Waals surface area (Å²) in [4.78, 5) is 13.1. The Morgan fingerprint density at radius 1 is 1.31 bits per heavy atom. The standard InChI is InChI=1S/C12H21NO3/c1-4-7-13(8-5-2)9-10-15-11-12(14)16-6-3/h4-5H,1-2,6-11H2,3H3. The molecule has 0 atom stereocenters.